The Hall–Kier alpha value is -5.28. The van der Waals surface area contributed by atoms with Crippen LogP contribution in [-0.4, -0.2) is 50.2 Å². The van der Waals surface area contributed by atoms with E-state index in [0.717, 1.165) is 29.7 Å². The molecule has 0 bridgehead atoms. The average Bonchev–Trinajstić information content (AvgIpc) is 3.50. The van der Waals surface area contributed by atoms with Crippen molar-refractivity contribution in [3.8, 4) is 46.6 Å². The molecule has 0 aromatic heterocycles. The number of hydrogen-bond donors (Lipinski definition) is 0. The van der Waals surface area contributed by atoms with Gasteiger partial charge in [-0.05, 0) is 83.0 Å². The largest absolute Gasteiger partial charge is 0.493 e. The molecule has 0 saturated heterocycles. The van der Waals surface area contributed by atoms with Gasteiger partial charge >= 0.3 is 0 Å². The van der Waals surface area contributed by atoms with Crippen molar-refractivity contribution in [3.63, 3.8) is 0 Å². The highest BCUT2D eigenvalue weighted by molar-refractivity contribution is 5.75. The van der Waals surface area contributed by atoms with Gasteiger partial charge in [-0.3, -0.25) is 9.80 Å². The van der Waals surface area contributed by atoms with E-state index < -0.39 is 5.41 Å². The molecule has 1 unspecified atom stereocenters. The number of rotatable bonds is 14. The van der Waals surface area contributed by atoms with Gasteiger partial charge in [-0.25, -0.2) is 0 Å². The standard InChI is InChI=1S/C47H54N4O4/c1-13-17-50(18-14-2)25-33-39-35(21-37(52-11)41(33)53-12)45(7,8)27-47(39)28-46(9,10)36-22-38-42(34(40(36)47)26-51(19-15-3)20-16-4)55-44-32(24-49)30(6)29(5)31(23-48)43(44)54-38/h13-16,21-22H,1-4,17-20,25-28H2,5-12H3. The molecule has 1 aliphatic heterocycles. The van der Waals surface area contributed by atoms with Crippen molar-refractivity contribution in [3.05, 3.63) is 118 Å². The minimum atomic E-state index is -0.471. The first-order valence-corrected chi connectivity index (χ1v) is 18.9. The number of fused-ring (bicyclic) bond motifs is 6. The van der Waals surface area contributed by atoms with Crippen molar-refractivity contribution in [2.75, 3.05) is 40.4 Å². The van der Waals surface area contributed by atoms with Gasteiger partial charge in [-0.2, -0.15) is 10.5 Å². The van der Waals surface area contributed by atoms with Crippen LogP contribution in [0.15, 0.2) is 62.8 Å². The molecule has 1 heterocycles. The number of ether oxygens (including phenoxy) is 4. The molecule has 0 amide bonds. The molecule has 1 atom stereocenters. The molecule has 0 saturated carbocycles. The lowest BCUT2D eigenvalue weighted by molar-refractivity contribution is 0.298. The molecule has 8 nitrogen and oxygen atoms in total. The zero-order valence-corrected chi connectivity index (χ0v) is 33.9. The first-order valence-electron chi connectivity index (χ1n) is 18.9. The zero-order chi connectivity index (χ0) is 40.0. The number of methoxy groups -OCH3 is 2. The molecule has 3 aromatic carbocycles. The van der Waals surface area contributed by atoms with Crippen LogP contribution in [0, 0.1) is 36.5 Å². The molecule has 55 heavy (non-hydrogen) atoms. The summed E-state index contributed by atoms with van der Waals surface area (Å²) in [4.78, 5) is 4.60. The summed E-state index contributed by atoms with van der Waals surface area (Å²) in [6.07, 6.45) is 9.32. The third kappa shape index (κ3) is 6.22. The Labute approximate surface area is 327 Å². The fourth-order valence-corrected chi connectivity index (χ4v) is 9.86. The van der Waals surface area contributed by atoms with Crippen molar-refractivity contribution < 1.29 is 18.9 Å². The summed E-state index contributed by atoms with van der Waals surface area (Å²) in [6, 6.07) is 9.01. The summed E-state index contributed by atoms with van der Waals surface area (Å²) in [5.74, 6) is 3.12. The summed E-state index contributed by atoms with van der Waals surface area (Å²) in [5.41, 5.74) is 8.09. The zero-order valence-electron chi connectivity index (χ0n) is 33.9. The Morgan fingerprint density at radius 1 is 0.691 bits per heavy atom. The van der Waals surface area contributed by atoms with E-state index in [1.165, 1.54) is 22.3 Å². The monoisotopic (exact) mass is 738 g/mol. The topological polar surface area (TPSA) is 91.0 Å². The first kappa shape index (κ1) is 39.4. The molecule has 0 N–H and O–H groups in total. The summed E-state index contributed by atoms with van der Waals surface area (Å²) in [5, 5.41) is 20.8. The van der Waals surface area contributed by atoms with Crippen LogP contribution < -0.4 is 18.9 Å². The molecule has 3 aliphatic rings. The molecule has 0 radical (unpaired) electrons. The van der Waals surface area contributed by atoms with Crippen molar-refractivity contribution >= 4 is 0 Å². The number of hydrogen-bond acceptors (Lipinski definition) is 8. The Morgan fingerprint density at radius 3 is 1.60 bits per heavy atom. The highest BCUT2D eigenvalue weighted by Crippen LogP contribution is 2.68. The molecule has 8 heteroatoms. The van der Waals surface area contributed by atoms with Crippen LogP contribution in [0.2, 0.25) is 0 Å². The highest BCUT2D eigenvalue weighted by atomic mass is 16.6. The molecule has 0 fully saturated rings. The summed E-state index contributed by atoms with van der Waals surface area (Å²) in [6.45, 7) is 33.0. The maximum atomic E-state index is 10.5. The lowest BCUT2D eigenvalue weighted by Gasteiger charge is -2.36. The highest BCUT2D eigenvalue weighted by Gasteiger charge is 2.59. The second kappa shape index (κ2) is 14.8. The normalized spacial score (nSPS) is 17.9. The summed E-state index contributed by atoms with van der Waals surface area (Å²) >= 11 is 0. The molecule has 286 valence electrons. The van der Waals surface area contributed by atoms with Crippen molar-refractivity contribution in [1.29, 1.82) is 10.5 Å². The van der Waals surface area contributed by atoms with Gasteiger partial charge in [0.05, 0.1) is 14.2 Å². The maximum Gasteiger partial charge on any atom is 0.189 e. The number of nitrogens with zero attached hydrogens (tertiary/aromatic N) is 4. The third-order valence-electron chi connectivity index (χ3n) is 11.9. The number of benzene rings is 3. The first-order chi connectivity index (χ1) is 26.2. The lowest BCUT2D eigenvalue weighted by atomic mass is 9.70. The molecular formula is C47H54N4O4. The van der Waals surface area contributed by atoms with Crippen molar-refractivity contribution in [2.24, 2.45) is 0 Å². The van der Waals surface area contributed by atoms with Gasteiger partial charge in [-0.15, -0.1) is 26.3 Å². The predicted octanol–water partition coefficient (Wildman–Crippen LogP) is 9.96. The smallest absolute Gasteiger partial charge is 0.189 e. The molecule has 1 spiro atoms. The Bertz CT molecular complexity index is 2180. The van der Waals surface area contributed by atoms with Crippen LogP contribution >= 0.6 is 0 Å². The van der Waals surface area contributed by atoms with E-state index >= 15 is 0 Å². The van der Waals surface area contributed by atoms with E-state index in [2.05, 4.69) is 88.1 Å². The van der Waals surface area contributed by atoms with Crippen molar-refractivity contribution in [1.82, 2.24) is 9.80 Å². The predicted molar refractivity (Wildman–Crippen MR) is 219 cm³/mol. The molecule has 2 aliphatic carbocycles. The quantitative estimate of drug-likeness (QED) is 0.118. The van der Waals surface area contributed by atoms with E-state index in [-0.39, 0.29) is 22.3 Å². The van der Waals surface area contributed by atoms with Gasteiger partial charge in [0, 0.05) is 55.8 Å². The minimum absolute atomic E-state index is 0.244. The SMILES string of the molecule is C=CCN(CC=C)Cc1c(OC)c(OC)cc2c1C1(CC2(C)C)CC(C)(C)c2cc3c(c(CN(CC=C)CC=C)c21)Oc1c(C#N)c(C)c(C)c(C#N)c1O3. The van der Waals surface area contributed by atoms with Gasteiger partial charge in [0.1, 0.15) is 23.3 Å². The van der Waals surface area contributed by atoms with Crippen LogP contribution in [0.1, 0.15) is 96.2 Å². The van der Waals surface area contributed by atoms with Gasteiger partial charge in [0.15, 0.2) is 34.5 Å². The lowest BCUT2D eigenvalue weighted by Crippen LogP contribution is -2.32. The van der Waals surface area contributed by atoms with Crippen molar-refractivity contribution in [2.45, 2.75) is 83.7 Å². The van der Waals surface area contributed by atoms with E-state index in [1.54, 1.807) is 14.2 Å². The number of nitriles is 2. The van der Waals surface area contributed by atoms with E-state index in [9.17, 15) is 10.5 Å². The third-order valence-corrected chi connectivity index (χ3v) is 11.9. The minimum Gasteiger partial charge on any atom is -0.493 e. The molecular weight excluding hydrogens is 685 g/mol. The van der Waals surface area contributed by atoms with Crippen LogP contribution in [-0.2, 0) is 29.3 Å². The Balaban J connectivity index is 1.75. The second-order valence-corrected chi connectivity index (χ2v) is 16.5. The average molecular weight is 739 g/mol. The van der Waals surface area contributed by atoms with Gasteiger partial charge in [0.25, 0.3) is 0 Å². The summed E-state index contributed by atoms with van der Waals surface area (Å²) in [7, 11) is 3.42. The van der Waals surface area contributed by atoms with Crippen LogP contribution in [0.4, 0.5) is 0 Å². The maximum absolute atomic E-state index is 10.5. The summed E-state index contributed by atoms with van der Waals surface area (Å²) < 4.78 is 26.1. The molecule has 3 aromatic rings. The fraction of sp³-hybridized carbons (Fsp3) is 0.404. The van der Waals surface area contributed by atoms with Crippen LogP contribution in [0.3, 0.4) is 0 Å². The van der Waals surface area contributed by atoms with Crippen LogP contribution in [0.25, 0.3) is 0 Å². The van der Waals surface area contributed by atoms with Crippen LogP contribution in [0.5, 0.6) is 34.5 Å². The Morgan fingerprint density at radius 2 is 1.15 bits per heavy atom. The fourth-order valence-electron chi connectivity index (χ4n) is 9.86. The Kier molecular flexibility index (Phi) is 10.6. The van der Waals surface area contributed by atoms with E-state index in [4.69, 9.17) is 18.9 Å². The van der Waals surface area contributed by atoms with E-state index in [1.807, 2.05) is 38.2 Å². The van der Waals surface area contributed by atoms with E-state index in [0.29, 0.717) is 78.8 Å². The van der Waals surface area contributed by atoms with Gasteiger partial charge in [-0.1, -0.05) is 52.0 Å². The molecule has 6 rings (SSSR count). The van der Waals surface area contributed by atoms with Gasteiger partial charge in [0.2, 0.25) is 0 Å². The second-order valence-electron chi connectivity index (χ2n) is 16.5. The van der Waals surface area contributed by atoms with Gasteiger partial charge < -0.3 is 18.9 Å².